The first kappa shape index (κ1) is 16.3. The highest BCUT2D eigenvalue weighted by Crippen LogP contribution is 2.38. The summed E-state index contributed by atoms with van der Waals surface area (Å²) in [5.74, 6) is 0. The molecule has 0 amide bonds. The van der Waals surface area contributed by atoms with E-state index in [2.05, 4.69) is 47.7 Å². The summed E-state index contributed by atoms with van der Waals surface area (Å²) in [5, 5.41) is 0.772. The molecule has 4 heteroatoms. The number of halogens is 2. The van der Waals surface area contributed by atoms with E-state index in [0.717, 1.165) is 22.5 Å². The highest BCUT2D eigenvalue weighted by atomic mass is 79.9. The topological polar surface area (TPSA) is 29.3 Å². The molecule has 1 aromatic carbocycles. The van der Waals surface area contributed by atoms with E-state index >= 15 is 0 Å². The van der Waals surface area contributed by atoms with E-state index in [0.29, 0.717) is 0 Å². The Morgan fingerprint density at radius 1 is 1.30 bits per heavy atom. The lowest BCUT2D eigenvalue weighted by Gasteiger charge is -2.43. The fourth-order valence-corrected chi connectivity index (χ4v) is 3.74. The average molecular weight is 360 g/mol. The van der Waals surface area contributed by atoms with Crippen LogP contribution in [-0.4, -0.2) is 23.0 Å². The van der Waals surface area contributed by atoms with Gasteiger partial charge in [-0.15, -0.1) is 0 Å². The standard InChI is InChI=1S/C16H24BrClN2/c1-16(2,3)20-9-5-4-6-14(19)15(20)12-10-11(18)7-8-13(12)17/h7-8,10,14-15H,4-6,9,19H2,1-3H3. The molecule has 1 aromatic rings. The third kappa shape index (κ3) is 3.56. The quantitative estimate of drug-likeness (QED) is 0.783. The van der Waals surface area contributed by atoms with Gasteiger partial charge in [-0.25, -0.2) is 0 Å². The summed E-state index contributed by atoms with van der Waals surface area (Å²) in [6, 6.07) is 6.35. The van der Waals surface area contributed by atoms with Gasteiger partial charge in [0.25, 0.3) is 0 Å². The van der Waals surface area contributed by atoms with Gasteiger partial charge in [0.15, 0.2) is 0 Å². The van der Waals surface area contributed by atoms with Crippen LogP contribution in [0.1, 0.15) is 51.6 Å². The number of likely N-dealkylation sites (tertiary alicyclic amines) is 1. The van der Waals surface area contributed by atoms with Crippen molar-refractivity contribution in [1.29, 1.82) is 0 Å². The monoisotopic (exact) mass is 358 g/mol. The van der Waals surface area contributed by atoms with E-state index in [1.165, 1.54) is 18.4 Å². The van der Waals surface area contributed by atoms with E-state index in [1.54, 1.807) is 0 Å². The van der Waals surface area contributed by atoms with E-state index in [-0.39, 0.29) is 17.6 Å². The molecule has 20 heavy (non-hydrogen) atoms. The SMILES string of the molecule is CC(C)(C)N1CCCCC(N)C1c1cc(Cl)ccc1Br. The zero-order valence-electron chi connectivity index (χ0n) is 12.5. The Hall–Kier alpha value is -0.0900. The van der Waals surface area contributed by atoms with Gasteiger partial charge < -0.3 is 5.73 Å². The molecule has 2 N–H and O–H groups in total. The molecule has 112 valence electrons. The van der Waals surface area contributed by atoms with Crippen molar-refractivity contribution in [2.24, 2.45) is 5.73 Å². The third-order valence-electron chi connectivity index (χ3n) is 4.07. The largest absolute Gasteiger partial charge is 0.326 e. The van der Waals surface area contributed by atoms with Gasteiger partial charge in [0.1, 0.15) is 0 Å². The van der Waals surface area contributed by atoms with Crippen molar-refractivity contribution in [2.45, 2.75) is 57.7 Å². The van der Waals surface area contributed by atoms with Crippen LogP contribution >= 0.6 is 27.5 Å². The van der Waals surface area contributed by atoms with E-state index in [1.807, 2.05) is 12.1 Å². The zero-order chi connectivity index (χ0) is 14.9. The average Bonchev–Trinajstić information content (AvgIpc) is 2.54. The predicted molar refractivity (Wildman–Crippen MR) is 90.2 cm³/mol. The molecule has 1 fully saturated rings. The van der Waals surface area contributed by atoms with Crippen LogP contribution in [0.15, 0.2) is 22.7 Å². The minimum absolute atomic E-state index is 0.0917. The van der Waals surface area contributed by atoms with Crippen molar-refractivity contribution in [3.63, 3.8) is 0 Å². The number of nitrogens with zero attached hydrogens (tertiary/aromatic N) is 1. The van der Waals surface area contributed by atoms with Crippen molar-refractivity contribution in [2.75, 3.05) is 6.54 Å². The first-order valence-corrected chi connectivity index (χ1v) is 8.45. The Morgan fingerprint density at radius 3 is 2.65 bits per heavy atom. The molecule has 0 bridgehead atoms. The van der Waals surface area contributed by atoms with Gasteiger partial charge >= 0.3 is 0 Å². The number of hydrogen-bond acceptors (Lipinski definition) is 2. The van der Waals surface area contributed by atoms with E-state index < -0.39 is 0 Å². The van der Waals surface area contributed by atoms with Gasteiger partial charge in [0.05, 0.1) is 6.04 Å². The molecule has 0 saturated carbocycles. The van der Waals surface area contributed by atoms with E-state index in [9.17, 15) is 0 Å². The van der Waals surface area contributed by atoms with Crippen molar-refractivity contribution < 1.29 is 0 Å². The molecule has 1 aliphatic heterocycles. The van der Waals surface area contributed by atoms with Gasteiger partial charge in [-0.05, 0) is 63.9 Å². The molecular weight excluding hydrogens is 336 g/mol. The van der Waals surface area contributed by atoms with Crippen molar-refractivity contribution >= 4 is 27.5 Å². The molecule has 2 rings (SSSR count). The van der Waals surface area contributed by atoms with Crippen LogP contribution in [0.25, 0.3) is 0 Å². The maximum Gasteiger partial charge on any atom is 0.0516 e. The van der Waals surface area contributed by atoms with Crippen LogP contribution in [0.3, 0.4) is 0 Å². The van der Waals surface area contributed by atoms with Crippen LogP contribution in [0.5, 0.6) is 0 Å². The molecular formula is C16H24BrClN2. The molecule has 0 aliphatic carbocycles. The maximum absolute atomic E-state index is 6.51. The minimum Gasteiger partial charge on any atom is -0.326 e. The number of hydrogen-bond donors (Lipinski definition) is 1. The minimum atomic E-state index is 0.0917. The number of rotatable bonds is 1. The molecule has 0 radical (unpaired) electrons. The predicted octanol–water partition coefficient (Wildman–Crippen LogP) is 4.76. The second kappa shape index (κ2) is 6.35. The van der Waals surface area contributed by atoms with Gasteiger partial charge in [-0.3, -0.25) is 4.90 Å². The molecule has 2 atom stereocenters. The Labute approximate surface area is 135 Å². The lowest BCUT2D eigenvalue weighted by molar-refractivity contribution is 0.0752. The maximum atomic E-state index is 6.51. The summed E-state index contributed by atoms with van der Waals surface area (Å²) in [5.41, 5.74) is 7.81. The van der Waals surface area contributed by atoms with Crippen LogP contribution in [0, 0.1) is 0 Å². The molecule has 0 spiro atoms. The fourth-order valence-electron chi connectivity index (χ4n) is 3.08. The van der Waals surface area contributed by atoms with Crippen molar-refractivity contribution in [3.05, 3.63) is 33.3 Å². The lowest BCUT2D eigenvalue weighted by Crippen LogP contribution is -2.49. The molecule has 1 aliphatic rings. The number of nitrogens with two attached hydrogens (primary N) is 1. The normalized spacial score (nSPS) is 25.5. The van der Waals surface area contributed by atoms with Crippen LogP contribution in [0.4, 0.5) is 0 Å². The first-order valence-electron chi connectivity index (χ1n) is 7.28. The zero-order valence-corrected chi connectivity index (χ0v) is 14.8. The second-order valence-electron chi connectivity index (χ2n) is 6.63. The van der Waals surface area contributed by atoms with E-state index in [4.69, 9.17) is 17.3 Å². The summed E-state index contributed by atoms with van der Waals surface area (Å²) < 4.78 is 1.10. The summed E-state index contributed by atoms with van der Waals surface area (Å²) in [4.78, 5) is 2.53. The molecule has 1 saturated heterocycles. The molecule has 0 aromatic heterocycles. The van der Waals surface area contributed by atoms with Crippen molar-refractivity contribution in [3.8, 4) is 0 Å². The fraction of sp³-hybridized carbons (Fsp3) is 0.625. The smallest absolute Gasteiger partial charge is 0.0516 e. The van der Waals surface area contributed by atoms with Crippen LogP contribution < -0.4 is 5.73 Å². The second-order valence-corrected chi connectivity index (χ2v) is 7.93. The summed E-state index contributed by atoms with van der Waals surface area (Å²) in [6.45, 7) is 7.87. The molecule has 1 heterocycles. The van der Waals surface area contributed by atoms with Gasteiger partial charge in [-0.1, -0.05) is 34.0 Å². The summed E-state index contributed by atoms with van der Waals surface area (Å²) in [6.07, 6.45) is 3.47. The van der Waals surface area contributed by atoms with Crippen LogP contribution in [-0.2, 0) is 0 Å². The van der Waals surface area contributed by atoms with Gasteiger partial charge in [0.2, 0.25) is 0 Å². The molecule has 2 nitrogen and oxygen atoms in total. The third-order valence-corrected chi connectivity index (χ3v) is 5.02. The summed E-state index contributed by atoms with van der Waals surface area (Å²) in [7, 11) is 0. The van der Waals surface area contributed by atoms with Gasteiger partial charge in [-0.2, -0.15) is 0 Å². The lowest BCUT2D eigenvalue weighted by atomic mass is 9.92. The van der Waals surface area contributed by atoms with Crippen LogP contribution in [0.2, 0.25) is 5.02 Å². The Balaban J connectivity index is 2.48. The Kier molecular flexibility index (Phi) is 5.17. The highest BCUT2D eigenvalue weighted by molar-refractivity contribution is 9.10. The molecule has 2 unspecified atom stereocenters. The Bertz CT molecular complexity index is 470. The highest BCUT2D eigenvalue weighted by Gasteiger charge is 2.36. The first-order chi connectivity index (χ1) is 9.30. The van der Waals surface area contributed by atoms with Crippen molar-refractivity contribution in [1.82, 2.24) is 4.90 Å². The Morgan fingerprint density at radius 2 is 2.00 bits per heavy atom. The number of benzene rings is 1. The summed E-state index contributed by atoms with van der Waals surface area (Å²) >= 11 is 9.88. The van der Waals surface area contributed by atoms with Gasteiger partial charge in [0, 0.05) is 21.1 Å².